The summed E-state index contributed by atoms with van der Waals surface area (Å²) in [6, 6.07) is 0. The molecule has 1 fully saturated rings. The van der Waals surface area contributed by atoms with Gasteiger partial charge in [0, 0.05) is 13.1 Å². The van der Waals surface area contributed by atoms with E-state index in [0.717, 1.165) is 0 Å². The number of sulfonamides is 1. The van der Waals surface area contributed by atoms with Crippen molar-refractivity contribution in [1.29, 1.82) is 0 Å². The molecule has 1 aliphatic heterocycles. The molecule has 8 nitrogen and oxygen atoms in total. The Morgan fingerprint density at radius 2 is 2.05 bits per heavy atom. The van der Waals surface area contributed by atoms with Gasteiger partial charge >= 0.3 is 5.97 Å². The molecule has 0 radical (unpaired) electrons. The molecule has 1 amide bonds. The third kappa shape index (κ3) is 5.54. The number of likely N-dealkylation sites (tertiary alicyclic amines) is 1. The maximum absolute atomic E-state index is 12.0. The number of rotatable bonds is 8. The molecule has 1 rings (SSSR count). The molecule has 1 aliphatic rings. The van der Waals surface area contributed by atoms with Crippen LogP contribution in [0.1, 0.15) is 27.2 Å². The molecule has 128 valence electrons. The van der Waals surface area contributed by atoms with Crippen LogP contribution in [-0.2, 0) is 24.3 Å². The second-order valence-corrected chi connectivity index (χ2v) is 7.92. The van der Waals surface area contributed by atoms with Crippen molar-refractivity contribution in [2.45, 2.75) is 33.3 Å². The van der Waals surface area contributed by atoms with Gasteiger partial charge in [0.15, 0.2) is 0 Å². The lowest BCUT2D eigenvalue weighted by Gasteiger charge is -2.20. The Labute approximate surface area is 130 Å². The number of ether oxygens (including phenoxy) is 1. The van der Waals surface area contributed by atoms with E-state index in [0.29, 0.717) is 13.0 Å². The standard InChI is InChI=1S/C13H24N2O6S/c1-10(2)21-6-7-22(19,20)14-8-11(16)15-5-4-13(3,9-15)12(17)18/h10,14H,4-9H2,1-3H3,(H,17,18). The molecule has 22 heavy (non-hydrogen) atoms. The molecule has 1 unspecified atom stereocenters. The Hall–Kier alpha value is -1.19. The molecular formula is C13H24N2O6S. The first-order chi connectivity index (χ1) is 10.1. The molecule has 1 heterocycles. The van der Waals surface area contributed by atoms with E-state index in [1.807, 2.05) is 0 Å². The van der Waals surface area contributed by atoms with Crippen molar-refractivity contribution < 1.29 is 27.9 Å². The predicted octanol–water partition coefficient (Wildman–Crippen LogP) is -0.346. The number of carboxylic acids is 1. The Kier molecular flexibility index (Phi) is 6.33. The van der Waals surface area contributed by atoms with Gasteiger partial charge in [0.1, 0.15) is 0 Å². The monoisotopic (exact) mass is 336 g/mol. The number of carbonyl (C=O) groups excluding carboxylic acids is 1. The lowest BCUT2D eigenvalue weighted by Crippen LogP contribution is -2.41. The predicted molar refractivity (Wildman–Crippen MR) is 79.8 cm³/mol. The average molecular weight is 336 g/mol. The van der Waals surface area contributed by atoms with E-state index in [-0.39, 0.29) is 31.6 Å². The fourth-order valence-corrected chi connectivity index (χ4v) is 2.90. The minimum absolute atomic E-state index is 0.0575. The van der Waals surface area contributed by atoms with Crippen molar-refractivity contribution in [3.05, 3.63) is 0 Å². The Balaban J connectivity index is 2.42. The topological polar surface area (TPSA) is 113 Å². The molecule has 0 aromatic rings. The highest BCUT2D eigenvalue weighted by Crippen LogP contribution is 2.29. The van der Waals surface area contributed by atoms with Crippen molar-refractivity contribution in [1.82, 2.24) is 9.62 Å². The molecule has 1 atom stereocenters. The zero-order chi connectivity index (χ0) is 17.0. The number of amides is 1. The van der Waals surface area contributed by atoms with Crippen molar-refractivity contribution in [2.24, 2.45) is 5.41 Å². The maximum Gasteiger partial charge on any atom is 0.311 e. The fourth-order valence-electron chi connectivity index (χ4n) is 2.10. The van der Waals surface area contributed by atoms with E-state index in [1.54, 1.807) is 20.8 Å². The van der Waals surface area contributed by atoms with Gasteiger partial charge in [0.05, 0.1) is 30.4 Å². The fraction of sp³-hybridized carbons (Fsp3) is 0.846. The molecule has 0 bridgehead atoms. The number of hydrogen-bond donors (Lipinski definition) is 2. The lowest BCUT2D eigenvalue weighted by molar-refractivity contribution is -0.147. The van der Waals surface area contributed by atoms with Gasteiger partial charge in [-0.1, -0.05) is 0 Å². The van der Waals surface area contributed by atoms with Crippen LogP contribution in [0, 0.1) is 5.41 Å². The molecule has 9 heteroatoms. The molecule has 0 saturated carbocycles. The molecule has 2 N–H and O–H groups in total. The van der Waals surface area contributed by atoms with Gasteiger partial charge in [-0.05, 0) is 27.2 Å². The van der Waals surface area contributed by atoms with E-state index in [1.165, 1.54) is 4.90 Å². The third-order valence-corrected chi connectivity index (χ3v) is 4.88. The largest absolute Gasteiger partial charge is 0.481 e. The summed E-state index contributed by atoms with van der Waals surface area (Å²) in [6.07, 6.45) is 0.304. The molecule has 0 aromatic carbocycles. The second kappa shape index (κ2) is 7.38. The van der Waals surface area contributed by atoms with Crippen molar-refractivity contribution in [3.63, 3.8) is 0 Å². The number of carboxylic acid groups (broad SMARTS) is 1. The first kappa shape index (κ1) is 18.9. The molecule has 0 aromatic heterocycles. The average Bonchev–Trinajstić information content (AvgIpc) is 2.79. The SMILES string of the molecule is CC(C)OCCS(=O)(=O)NCC(=O)N1CCC(C)(C(=O)O)C1. The second-order valence-electron chi connectivity index (χ2n) is 5.99. The van der Waals surface area contributed by atoms with Crippen LogP contribution in [0.25, 0.3) is 0 Å². The van der Waals surface area contributed by atoms with Gasteiger partial charge in [-0.3, -0.25) is 9.59 Å². The quantitative estimate of drug-likeness (QED) is 0.627. The van der Waals surface area contributed by atoms with Crippen LogP contribution >= 0.6 is 0 Å². The Morgan fingerprint density at radius 1 is 1.41 bits per heavy atom. The van der Waals surface area contributed by atoms with Crippen LogP contribution in [-0.4, -0.2) is 68.4 Å². The van der Waals surface area contributed by atoms with Crippen molar-refractivity contribution >= 4 is 21.9 Å². The van der Waals surface area contributed by atoms with Crippen LogP contribution in [0.5, 0.6) is 0 Å². The van der Waals surface area contributed by atoms with E-state index >= 15 is 0 Å². The summed E-state index contributed by atoms with van der Waals surface area (Å²) >= 11 is 0. The zero-order valence-corrected chi connectivity index (χ0v) is 14.0. The zero-order valence-electron chi connectivity index (χ0n) is 13.2. The highest BCUT2D eigenvalue weighted by Gasteiger charge is 2.42. The Bertz CT molecular complexity index is 519. The summed E-state index contributed by atoms with van der Waals surface area (Å²) < 4.78 is 30.8. The van der Waals surface area contributed by atoms with Crippen LogP contribution in [0.2, 0.25) is 0 Å². The lowest BCUT2D eigenvalue weighted by atomic mass is 9.90. The van der Waals surface area contributed by atoms with Crippen LogP contribution < -0.4 is 4.72 Å². The van der Waals surface area contributed by atoms with Gasteiger partial charge in [0.25, 0.3) is 0 Å². The highest BCUT2D eigenvalue weighted by atomic mass is 32.2. The summed E-state index contributed by atoms with van der Waals surface area (Å²) in [6.45, 7) is 5.30. The maximum atomic E-state index is 12.0. The first-order valence-corrected chi connectivity index (χ1v) is 8.81. The van der Waals surface area contributed by atoms with E-state index in [4.69, 9.17) is 9.84 Å². The summed E-state index contributed by atoms with van der Waals surface area (Å²) in [7, 11) is -3.59. The molecule has 0 spiro atoms. The van der Waals surface area contributed by atoms with Gasteiger partial charge in [-0.15, -0.1) is 0 Å². The van der Waals surface area contributed by atoms with E-state index in [2.05, 4.69) is 4.72 Å². The minimum Gasteiger partial charge on any atom is -0.481 e. The smallest absolute Gasteiger partial charge is 0.311 e. The van der Waals surface area contributed by atoms with Crippen LogP contribution in [0.4, 0.5) is 0 Å². The van der Waals surface area contributed by atoms with Crippen LogP contribution in [0.15, 0.2) is 0 Å². The van der Waals surface area contributed by atoms with E-state index in [9.17, 15) is 18.0 Å². The van der Waals surface area contributed by atoms with Crippen molar-refractivity contribution in [3.8, 4) is 0 Å². The number of nitrogens with one attached hydrogen (secondary N) is 1. The molecular weight excluding hydrogens is 312 g/mol. The summed E-state index contributed by atoms with van der Waals surface area (Å²) in [5.74, 6) is -1.58. The third-order valence-electron chi connectivity index (χ3n) is 3.59. The molecule has 1 saturated heterocycles. The van der Waals surface area contributed by atoms with Crippen molar-refractivity contribution in [2.75, 3.05) is 32.0 Å². The van der Waals surface area contributed by atoms with Crippen LogP contribution in [0.3, 0.4) is 0 Å². The van der Waals surface area contributed by atoms with E-state index < -0.39 is 27.3 Å². The Morgan fingerprint density at radius 3 is 2.55 bits per heavy atom. The number of aliphatic carboxylic acids is 1. The van der Waals surface area contributed by atoms with Gasteiger partial charge in [0.2, 0.25) is 15.9 Å². The van der Waals surface area contributed by atoms with Gasteiger partial charge in [-0.25, -0.2) is 13.1 Å². The summed E-state index contributed by atoms with van der Waals surface area (Å²) in [5.41, 5.74) is -0.959. The first-order valence-electron chi connectivity index (χ1n) is 7.16. The summed E-state index contributed by atoms with van der Waals surface area (Å²) in [5, 5.41) is 9.11. The number of nitrogens with zero attached hydrogens (tertiary/aromatic N) is 1. The highest BCUT2D eigenvalue weighted by molar-refractivity contribution is 7.89. The number of hydrogen-bond acceptors (Lipinski definition) is 5. The molecule has 0 aliphatic carbocycles. The summed E-state index contributed by atoms with van der Waals surface area (Å²) in [4.78, 5) is 24.5. The minimum atomic E-state index is -3.59. The van der Waals surface area contributed by atoms with Gasteiger partial charge in [-0.2, -0.15) is 0 Å². The van der Waals surface area contributed by atoms with Gasteiger partial charge < -0.3 is 14.7 Å². The number of carbonyl (C=O) groups is 2. The normalized spacial score (nSPS) is 22.3.